The summed E-state index contributed by atoms with van der Waals surface area (Å²) < 4.78 is 13.7. The Morgan fingerprint density at radius 2 is 2.14 bits per heavy atom. The molecular formula is C15H14FN3O2. The summed E-state index contributed by atoms with van der Waals surface area (Å²) in [7, 11) is 0. The molecule has 1 N–H and O–H groups in total. The van der Waals surface area contributed by atoms with Gasteiger partial charge >= 0.3 is 0 Å². The van der Waals surface area contributed by atoms with Crippen LogP contribution in [0.5, 0.6) is 0 Å². The topological polar surface area (TPSA) is 73.2 Å². The SMILES string of the molecule is N#Cc1cc2c(cc1F)C(=O)N(C1CCCCNC1=O)C2. The molecule has 108 valence electrons. The lowest BCUT2D eigenvalue weighted by Crippen LogP contribution is -2.45. The number of hydrogen-bond donors (Lipinski definition) is 1. The Kier molecular flexibility index (Phi) is 3.34. The molecule has 0 aliphatic carbocycles. The van der Waals surface area contributed by atoms with Gasteiger partial charge in [-0.25, -0.2) is 4.39 Å². The van der Waals surface area contributed by atoms with Crippen molar-refractivity contribution in [3.05, 3.63) is 34.6 Å². The maximum Gasteiger partial charge on any atom is 0.255 e. The summed E-state index contributed by atoms with van der Waals surface area (Å²) in [6.07, 6.45) is 2.37. The second-order valence-electron chi connectivity index (χ2n) is 5.34. The Balaban J connectivity index is 1.93. The first kappa shape index (κ1) is 13.6. The second-order valence-corrected chi connectivity index (χ2v) is 5.34. The van der Waals surface area contributed by atoms with E-state index in [0.29, 0.717) is 18.5 Å². The van der Waals surface area contributed by atoms with Crippen LogP contribution in [0.25, 0.3) is 0 Å². The normalized spacial score (nSPS) is 21.5. The van der Waals surface area contributed by atoms with Crippen molar-refractivity contribution in [1.82, 2.24) is 10.2 Å². The highest BCUT2D eigenvalue weighted by molar-refractivity contribution is 6.01. The van der Waals surface area contributed by atoms with Gasteiger partial charge in [0.15, 0.2) is 0 Å². The molecule has 1 atom stereocenters. The number of nitriles is 1. The van der Waals surface area contributed by atoms with Gasteiger partial charge in [-0.2, -0.15) is 5.26 Å². The van der Waals surface area contributed by atoms with E-state index in [1.807, 2.05) is 0 Å². The standard InChI is InChI=1S/C15H14FN3O2/c16-12-6-11-10(5-9(12)7-17)8-19(15(11)21)13-3-1-2-4-18-14(13)20/h5-6,13H,1-4,8H2,(H,18,20). The van der Waals surface area contributed by atoms with Crippen LogP contribution in [-0.2, 0) is 11.3 Å². The molecule has 2 aliphatic rings. The zero-order valence-corrected chi connectivity index (χ0v) is 11.4. The van der Waals surface area contributed by atoms with Gasteiger partial charge in [0.05, 0.1) is 5.56 Å². The van der Waals surface area contributed by atoms with Crippen molar-refractivity contribution in [3.63, 3.8) is 0 Å². The first-order valence-electron chi connectivity index (χ1n) is 6.93. The minimum atomic E-state index is -0.697. The molecule has 0 aromatic heterocycles. The Morgan fingerprint density at radius 3 is 2.90 bits per heavy atom. The van der Waals surface area contributed by atoms with E-state index in [9.17, 15) is 14.0 Å². The highest BCUT2D eigenvalue weighted by atomic mass is 19.1. The van der Waals surface area contributed by atoms with E-state index in [1.54, 1.807) is 6.07 Å². The molecule has 6 heteroatoms. The van der Waals surface area contributed by atoms with E-state index in [-0.39, 0.29) is 29.5 Å². The van der Waals surface area contributed by atoms with Gasteiger partial charge in [0.2, 0.25) is 5.91 Å². The van der Waals surface area contributed by atoms with Crippen molar-refractivity contribution in [2.24, 2.45) is 0 Å². The molecule has 0 radical (unpaired) electrons. The van der Waals surface area contributed by atoms with Gasteiger partial charge in [-0.3, -0.25) is 9.59 Å². The molecule has 0 spiro atoms. The fourth-order valence-corrected chi connectivity index (χ4v) is 2.92. The number of carbonyl (C=O) groups is 2. The largest absolute Gasteiger partial charge is 0.354 e. The predicted octanol–water partition coefficient (Wildman–Crippen LogP) is 1.32. The first-order valence-corrected chi connectivity index (χ1v) is 6.93. The number of hydrogen-bond acceptors (Lipinski definition) is 3. The summed E-state index contributed by atoms with van der Waals surface area (Å²) in [6.45, 7) is 0.874. The number of halogens is 1. The number of amides is 2. The van der Waals surface area contributed by atoms with Gasteiger partial charge in [0.25, 0.3) is 5.91 Å². The van der Waals surface area contributed by atoms with Crippen LogP contribution in [0.3, 0.4) is 0 Å². The molecule has 0 saturated carbocycles. The molecule has 1 aromatic rings. The molecule has 1 fully saturated rings. The Bertz CT molecular complexity index is 666. The molecule has 1 saturated heterocycles. The van der Waals surface area contributed by atoms with Crippen molar-refractivity contribution in [2.45, 2.75) is 31.8 Å². The van der Waals surface area contributed by atoms with E-state index in [2.05, 4.69) is 5.32 Å². The third-order valence-electron chi connectivity index (χ3n) is 4.03. The molecule has 3 rings (SSSR count). The quantitative estimate of drug-likeness (QED) is 0.846. The van der Waals surface area contributed by atoms with E-state index >= 15 is 0 Å². The average molecular weight is 287 g/mol. The van der Waals surface area contributed by atoms with E-state index in [1.165, 1.54) is 11.0 Å². The molecule has 0 bridgehead atoms. The van der Waals surface area contributed by atoms with Gasteiger partial charge in [0.1, 0.15) is 17.9 Å². The summed E-state index contributed by atoms with van der Waals surface area (Å²) >= 11 is 0. The van der Waals surface area contributed by atoms with Crippen LogP contribution in [0.4, 0.5) is 4.39 Å². The van der Waals surface area contributed by atoms with Gasteiger partial charge < -0.3 is 10.2 Å². The fourth-order valence-electron chi connectivity index (χ4n) is 2.92. The van der Waals surface area contributed by atoms with Crippen molar-refractivity contribution in [2.75, 3.05) is 6.54 Å². The first-order chi connectivity index (χ1) is 10.1. The monoisotopic (exact) mass is 287 g/mol. The van der Waals surface area contributed by atoms with Crippen molar-refractivity contribution < 1.29 is 14.0 Å². The van der Waals surface area contributed by atoms with Crippen molar-refractivity contribution >= 4 is 11.8 Å². The van der Waals surface area contributed by atoms with Gasteiger partial charge in [0, 0.05) is 18.7 Å². The van der Waals surface area contributed by atoms with Crippen LogP contribution in [-0.4, -0.2) is 29.3 Å². The average Bonchev–Trinajstić information content (AvgIpc) is 2.64. The van der Waals surface area contributed by atoms with E-state index in [4.69, 9.17) is 5.26 Å². The second kappa shape index (κ2) is 5.17. The van der Waals surface area contributed by atoms with Crippen LogP contribution in [0.2, 0.25) is 0 Å². The maximum absolute atomic E-state index is 13.7. The number of nitrogens with one attached hydrogen (secondary N) is 1. The Hall–Kier alpha value is -2.42. The number of fused-ring (bicyclic) bond motifs is 1. The number of rotatable bonds is 1. The lowest BCUT2D eigenvalue weighted by atomic mass is 10.1. The summed E-state index contributed by atoms with van der Waals surface area (Å²) in [4.78, 5) is 25.9. The maximum atomic E-state index is 13.7. The molecule has 2 heterocycles. The summed E-state index contributed by atoms with van der Waals surface area (Å²) in [6, 6.07) is 3.76. The fraction of sp³-hybridized carbons (Fsp3) is 0.400. The molecule has 1 aromatic carbocycles. The van der Waals surface area contributed by atoms with Gasteiger partial charge in [-0.05, 0) is 37.0 Å². The van der Waals surface area contributed by atoms with Crippen molar-refractivity contribution in [3.8, 4) is 6.07 Å². The van der Waals surface area contributed by atoms with Crippen LogP contribution >= 0.6 is 0 Å². The third-order valence-corrected chi connectivity index (χ3v) is 4.03. The smallest absolute Gasteiger partial charge is 0.255 e. The highest BCUT2D eigenvalue weighted by Crippen LogP contribution is 2.29. The van der Waals surface area contributed by atoms with Crippen LogP contribution in [0.15, 0.2) is 12.1 Å². The van der Waals surface area contributed by atoms with E-state index < -0.39 is 11.9 Å². The third kappa shape index (κ3) is 2.25. The predicted molar refractivity (Wildman–Crippen MR) is 71.6 cm³/mol. The Morgan fingerprint density at radius 1 is 1.33 bits per heavy atom. The zero-order valence-electron chi connectivity index (χ0n) is 11.4. The van der Waals surface area contributed by atoms with Crippen LogP contribution in [0.1, 0.15) is 40.7 Å². The number of benzene rings is 1. The lowest BCUT2D eigenvalue weighted by Gasteiger charge is -2.25. The lowest BCUT2D eigenvalue weighted by molar-refractivity contribution is -0.125. The van der Waals surface area contributed by atoms with Crippen molar-refractivity contribution in [1.29, 1.82) is 5.26 Å². The molecule has 1 unspecified atom stereocenters. The molecular weight excluding hydrogens is 273 g/mol. The minimum absolute atomic E-state index is 0.0753. The zero-order chi connectivity index (χ0) is 15.0. The Labute approximate surface area is 121 Å². The van der Waals surface area contributed by atoms with Gasteiger partial charge in [-0.15, -0.1) is 0 Å². The molecule has 5 nitrogen and oxygen atoms in total. The van der Waals surface area contributed by atoms with Gasteiger partial charge in [-0.1, -0.05) is 0 Å². The van der Waals surface area contributed by atoms with E-state index in [0.717, 1.165) is 18.9 Å². The van der Waals surface area contributed by atoms with Crippen LogP contribution in [0, 0.1) is 17.1 Å². The molecule has 2 amide bonds. The highest BCUT2D eigenvalue weighted by Gasteiger charge is 2.37. The summed E-state index contributed by atoms with van der Waals surface area (Å²) in [5, 5.41) is 11.7. The summed E-state index contributed by atoms with van der Waals surface area (Å²) in [5.74, 6) is -1.19. The minimum Gasteiger partial charge on any atom is -0.354 e. The number of nitrogens with zero attached hydrogens (tertiary/aromatic N) is 2. The number of carbonyl (C=O) groups excluding carboxylic acids is 2. The molecule has 2 aliphatic heterocycles. The van der Waals surface area contributed by atoms with Crippen LogP contribution < -0.4 is 5.32 Å². The molecule has 21 heavy (non-hydrogen) atoms. The summed E-state index contributed by atoms with van der Waals surface area (Å²) in [5.41, 5.74) is 0.785.